The molecule has 2 aliphatic rings. The maximum atomic E-state index is 12.5. The van der Waals surface area contributed by atoms with E-state index in [4.69, 9.17) is 0 Å². The normalized spacial score (nSPS) is 16.4. The van der Waals surface area contributed by atoms with E-state index in [1.165, 1.54) is 22.3 Å². The topological polar surface area (TPSA) is 58.2 Å². The molecule has 3 aromatic rings. The second-order valence-corrected chi connectivity index (χ2v) is 7.84. The number of hydrogen-bond acceptors (Lipinski definition) is 2. The summed E-state index contributed by atoms with van der Waals surface area (Å²) < 4.78 is 0. The molecule has 0 bridgehead atoms. The van der Waals surface area contributed by atoms with Crippen LogP contribution in [0.2, 0.25) is 0 Å². The molecular formula is C25H22N2O2. The highest BCUT2D eigenvalue weighted by Gasteiger charge is 2.26. The third-order valence-electron chi connectivity index (χ3n) is 5.91. The number of nitrogens with one attached hydrogen (secondary N) is 2. The van der Waals surface area contributed by atoms with Crippen molar-refractivity contribution in [2.45, 2.75) is 25.7 Å². The lowest BCUT2D eigenvalue weighted by molar-refractivity contribution is -0.121. The highest BCUT2D eigenvalue weighted by Crippen LogP contribution is 2.37. The molecule has 0 radical (unpaired) electrons. The second-order valence-electron chi connectivity index (χ2n) is 7.84. The third-order valence-corrected chi connectivity index (χ3v) is 5.91. The summed E-state index contributed by atoms with van der Waals surface area (Å²) in [5.74, 6) is -0.205. The maximum absolute atomic E-state index is 12.5. The van der Waals surface area contributed by atoms with Crippen LogP contribution in [0.25, 0.3) is 11.1 Å². The van der Waals surface area contributed by atoms with Gasteiger partial charge in [-0.25, -0.2) is 0 Å². The molecule has 0 saturated carbocycles. The molecule has 2 N–H and O–H groups in total. The molecule has 1 heterocycles. The highest BCUT2D eigenvalue weighted by molar-refractivity contribution is 5.96. The molecular weight excluding hydrogens is 360 g/mol. The number of anilines is 2. The minimum absolute atomic E-state index is 0.00629. The Morgan fingerprint density at radius 1 is 0.931 bits per heavy atom. The van der Waals surface area contributed by atoms with Crippen molar-refractivity contribution in [1.82, 2.24) is 0 Å². The Morgan fingerprint density at radius 3 is 2.59 bits per heavy atom. The van der Waals surface area contributed by atoms with Crippen LogP contribution in [-0.4, -0.2) is 11.8 Å². The van der Waals surface area contributed by atoms with Crippen molar-refractivity contribution < 1.29 is 9.59 Å². The number of hydrogen-bond donors (Lipinski definition) is 2. The van der Waals surface area contributed by atoms with E-state index < -0.39 is 0 Å². The Bertz CT molecular complexity index is 1120. The predicted octanol–water partition coefficient (Wildman–Crippen LogP) is 4.79. The van der Waals surface area contributed by atoms with E-state index >= 15 is 0 Å². The summed E-state index contributed by atoms with van der Waals surface area (Å²) in [6, 6.07) is 22.4. The van der Waals surface area contributed by atoms with Crippen LogP contribution in [0.4, 0.5) is 11.4 Å². The average molecular weight is 382 g/mol. The summed E-state index contributed by atoms with van der Waals surface area (Å²) in [4.78, 5) is 24.8. The Labute approximate surface area is 170 Å². The van der Waals surface area contributed by atoms with Crippen LogP contribution in [0.5, 0.6) is 0 Å². The van der Waals surface area contributed by atoms with E-state index in [1.807, 2.05) is 30.3 Å². The van der Waals surface area contributed by atoms with Crippen molar-refractivity contribution in [2.75, 3.05) is 10.6 Å². The number of rotatable bonds is 4. The van der Waals surface area contributed by atoms with Crippen LogP contribution in [0, 0.1) is 5.92 Å². The quantitative estimate of drug-likeness (QED) is 0.533. The van der Waals surface area contributed by atoms with E-state index in [1.54, 1.807) is 0 Å². The standard InChI is InChI=1S/C25H22N2O2/c28-24(12-9-18-14-17-6-2-4-8-23(17)27-25(18)29)26-20-10-11-22-19(15-20)13-16-5-1-3-7-21(16)22/h1-8,10-11,15,18H,9,12-14H2,(H,26,28)(H,27,29)/t18-/m1/s1. The van der Waals surface area contributed by atoms with Gasteiger partial charge >= 0.3 is 0 Å². The molecule has 1 aliphatic heterocycles. The van der Waals surface area contributed by atoms with Crippen molar-refractivity contribution in [3.8, 4) is 11.1 Å². The van der Waals surface area contributed by atoms with Gasteiger partial charge in [-0.15, -0.1) is 0 Å². The van der Waals surface area contributed by atoms with E-state index in [0.717, 1.165) is 23.4 Å². The zero-order chi connectivity index (χ0) is 19.8. The first kappa shape index (κ1) is 17.7. The minimum Gasteiger partial charge on any atom is -0.326 e. The molecule has 2 amide bonds. The van der Waals surface area contributed by atoms with Gasteiger partial charge < -0.3 is 10.6 Å². The van der Waals surface area contributed by atoms with Gasteiger partial charge in [0.2, 0.25) is 11.8 Å². The smallest absolute Gasteiger partial charge is 0.227 e. The fraction of sp³-hybridized carbons (Fsp3) is 0.200. The van der Waals surface area contributed by atoms with Crippen molar-refractivity contribution in [3.63, 3.8) is 0 Å². The highest BCUT2D eigenvalue weighted by atomic mass is 16.2. The Kier molecular flexibility index (Phi) is 4.39. The Hall–Kier alpha value is -3.40. The lowest BCUT2D eigenvalue weighted by atomic mass is 9.89. The number of fused-ring (bicyclic) bond motifs is 4. The fourth-order valence-electron chi connectivity index (χ4n) is 4.40. The average Bonchev–Trinajstić information content (AvgIpc) is 3.10. The first-order valence-corrected chi connectivity index (χ1v) is 10.1. The van der Waals surface area contributed by atoms with Crippen molar-refractivity contribution >= 4 is 23.2 Å². The lowest BCUT2D eigenvalue weighted by Crippen LogP contribution is -2.30. The zero-order valence-corrected chi connectivity index (χ0v) is 16.1. The van der Waals surface area contributed by atoms with E-state index in [2.05, 4.69) is 47.0 Å². The van der Waals surface area contributed by atoms with Crippen LogP contribution >= 0.6 is 0 Å². The second kappa shape index (κ2) is 7.21. The Morgan fingerprint density at radius 2 is 1.69 bits per heavy atom. The number of para-hydroxylation sites is 1. The maximum Gasteiger partial charge on any atom is 0.227 e. The van der Waals surface area contributed by atoms with E-state index in [0.29, 0.717) is 19.3 Å². The van der Waals surface area contributed by atoms with Gasteiger partial charge in [0, 0.05) is 23.7 Å². The van der Waals surface area contributed by atoms with Crippen LogP contribution in [0.1, 0.15) is 29.5 Å². The van der Waals surface area contributed by atoms with Gasteiger partial charge in [-0.05, 0) is 65.3 Å². The molecule has 1 atom stereocenters. The van der Waals surface area contributed by atoms with Gasteiger partial charge in [0.25, 0.3) is 0 Å². The Balaban J connectivity index is 1.21. The molecule has 29 heavy (non-hydrogen) atoms. The number of amides is 2. The van der Waals surface area contributed by atoms with Gasteiger partial charge in [-0.3, -0.25) is 9.59 Å². The molecule has 3 aromatic carbocycles. The molecule has 5 rings (SSSR count). The number of benzene rings is 3. The summed E-state index contributed by atoms with van der Waals surface area (Å²) in [5.41, 5.74) is 7.94. The van der Waals surface area contributed by atoms with Gasteiger partial charge in [0.15, 0.2) is 0 Å². The van der Waals surface area contributed by atoms with Crippen molar-refractivity contribution in [1.29, 1.82) is 0 Å². The molecule has 4 heteroatoms. The molecule has 0 saturated heterocycles. The summed E-state index contributed by atoms with van der Waals surface area (Å²) in [6.45, 7) is 0. The monoisotopic (exact) mass is 382 g/mol. The molecule has 1 aliphatic carbocycles. The van der Waals surface area contributed by atoms with Crippen LogP contribution in [0.3, 0.4) is 0 Å². The van der Waals surface area contributed by atoms with Crippen molar-refractivity contribution in [2.24, 2.45) is 5.92 Å². The fourth-order valence-corrected chi connectivity index (χ4v) is 4.40. The third kappa shape index (κ3) is 3.42. The van der Waals surface area contributed by atoms with E-state index in [-0.39, 0.29) is 17.7 Å². The molecule has 0 unspecified atom stereocenters. The molecule has 144 valence electrons. The van der Waals surface area contributed by atoms with Crippen LogP contribution < -0.4 is 10.6 Å². The van der Waals surface area contributed by atoms with Gasteiger partial charge in [-0.2, -0.15) is 0 Å². The predicted molar refractivity (Wildman–Crippen MR) is 115 cm³/mol. The lowest BCUT2D eigenvalue weighted by Gasteiger charge is -2.24. The molecule has 4 nitrogen and oxygen atoms in total. The van der Waals surface area contributed by atoms with Gasteiger partial charge in [0.05, 0.1) is 0 Å². The summed E-state index contributed by atoms with van der Waals surface area (Å²) in [5, 5.41) is 5.95. The molecule has 0 aromatic heterocycles. The SMILES string of the molecule is O=C(CC[C@@H]1Cc2ccccc2NC1=O)Nc1ccc2c(c1)Cc1ccccc1-2. The summed E-state index contributed by atoms with van der Waals surface area (Å²) >= 11 is 0. The molecule has 0 spiro atoms. The number of carbonyl (C=O) groups excluding carboxylic acids is 2. The first-order valence-electron chi connectivity index (χ1n) is 10.1. The largest absolute Gasteiger partial charge is 0.326 e. The number of carbonyl (C=O) groups is 2. The summed E-state index contributed by atoms with van der Waals surface area (Å²) in [7, 11) is 0. The van der Waals surface area contributed by atoms with Gasteiger partial charge in [-0.1, -0.05) is 48.5 Å². The van der Waals surface area contributed by atoms with E-state index in [9.17, 15) is 9.59 Å². The van der Waals surface area contributed by atoms with Crippen LogP contribution in [-0.2, 0) is 22.4 Å². The van der Waals surface area contributed by atoms with Crippen LogP contribution in [0.15, 0.2) is 66.7 Å². The minimum atomic E-state index is -0.162. The zero-order valence-electron chi connectivity index (χ0n) is 16.1. The van der Waals surface area contributed by atoms with Gasteiger partial charge in [0.1, 0.15) is 0 Å². The first-order chi connectivity index (χ1) is 14.2. The molecule has 0 fully saturated rings. The summed E-state index contributed by atoms with van der Waals surface area (Å²) in [6.07, 6.45) is 2.46. The van der Waals surface area contributed by atoms with Crippen molar-refractivity contribution in [3.05, 3.63) is 83.4 Å².